The quantitative estimate of drug-likeness (QED) is 0.678. The van der Waals surface area contributed by atoms with Crippen LogP contribution in [0.4, 0.5) is 4.39 Å². The van der Waals surface area contributed by atoms with E-state index >= 15 is 0 Å². The highest BCUT2D eigenvalue weighted by molar-refractivity contribution is 5.80. The molecule has 0 bridgehead atoms. The Morgan fingerprint density at radius 2 is 2.05 bits per heavy atom. The van der Waals surface area contributed by atoms with Crippen molar-refractivity contribution in [1.29, 1.82) is 0 Å². The number of fused-ring (bicyclic) bond motifs is 1. The first-order valence-corrected chi connectivity index (χ1v) is 6.96. The zero-order chi connectivity index (χ0) is 13.9. The first kappa shape index (κ1) is 12.9. The molecule has 0 saturated carbocycles. The van der Waals surface area contributed by atoms with E-state index in [9.17, 15) is 4.39 Å². The van der Waals surface area contributed by atoms with Crippen LogP contribution >= 0.6 is 0 Å². The summed E-state index contributed by atoms with van der Waals surface area (Å²) in [6.45, 7) is 2.12. The summed E-state index contributed by atoms with van der Waals surface area (Å²) in [6.07, 6.45) is 6.90. The SMILES string of the molecule is CCCC(c1ccncc1F)n1ccc2ccccc21. The molecule has 1 aromatic carbocycles. The van der Waals surface area contributed by atoms with E-state index in [0.717, 1.165) is 18.4 Å². The van der Waals surface area contributed by atoms with E-state index in [1.807, 2.05) is 18.3 Å². The maximum Gasteiger partial charge on any atom is 0.146 e. The van der Waals surface area contributed by atoms with E-state index < -0.39 is 0 Å². The van der Waals surface area contributed by atoms with E-state index in [4.69, 9.17) is 0 Å². The van der Waals surface area contributed by atoms with Crippen LogP contribution in [0, 0.1) is 5.82 Å². The molecule has 3 aromatic rings. The summed E-state index contributed by atoms with van der Waals surface area (Å²) >= 11 is 0. The summed E-state index contributed by atoms with van der Waals surface area (Å²) in [5.41, 5.74) is 1.85. The van der Waals surface area contributed by atoms with Crippen LogP contribution in [0.1, 0.15) is 31.4 Å². The van der Waals surface area contributed by atoms with Gasteiger partial charge in [-0.15, -0.1) is 0 Å². The smallest absolute Gasteiger partial charge is 0.146 e. The molecule has 0 spiro atoms. The number of rotatable bonds is 4. The van der Waals surface area contributed by atoms with Gasteiger partial charge in [-0.1, -0.05) is 31.5 Å². The Bertz CT molecular complexity index is 718. The lowest BCUT2D eigenvalue weighted by Gasteiger charge is -2.20. The molecule has 2 nitrogen and oxygen atoms in total. The lowest BCUT2D eigenvalue weighted by molar-refractivity contribution is 0.506. The molecule has 20 heavy (non-hydrogen) atoms. The lowest BCUT2D eigenvalue weighted by Crippen LogP contribution is -2.11. The fourth-order valence-electron chi connectivity index (χ4n) is 2.75. The fraction of sp³-hybridized carbons (Fsp3) is 0.235. The van der Waals surface area contributed by atoms with Gasteiger partial charge in [-0.25, -0.2) is 4.39 Å². The van der Waals surface area contributed by atoms with Gasteiger partial charge >= 0.3 is 0 Å². The normalized spacial score (nSPS) is 12.7. The third-order valence-electron chi connectivity index (χ3n) is 3.69. The number of aromatic nitrogens is 2. The second-order valence-corrected chi connectivity index (χ2v) is 4.98. The standard InChI is InChI=1S/C17H17FN2/c1-2-5-17(14-8-10-19-12-15(14)18)20-11-9-13-6-3-4-7-16(13)20/h3-4,6-12,17H,2,5H2,1H3. The topological polar surface area (TPSA) is 17.8 Å². The fourth-order valence-corrected chi connectivity index (χ4v) is 2.75. The summed E-state index contributed by atoms with van der Waals surface area (Å²) < 4.78 is 16.2. The van der Waals surface area contributed by atoms with Crippen molar-refractivity contribution >= 4 is 10.9 Å². The number of nitrogens with zero attached hydrogens (tertiary/aromatic N) is 2. The third kappa shape index (κ3) is 2.20. The first-order chi connectivity index (χ1) is 9.81. The molecule has 0 aliphatic rings. The van der Waals surface area contributed by atoms with Gasteiger partial charge in [-0.05, 0) is 30.0 Å². The van der Waals surface area contributed by atoms with Crippen molar-refractivity contribution in [3.8, 4) is 0 Å². The predicted octanol–water partition coefficient (Wildman–Crippen LogP) is 4.56. The van der Waals surface area contributed by atoms with Gasteiger partial charge in [-0.3, -0.25) is 4.98 Å². The zero-order valence-electron chi connectivity index (χ0n) is 11.5. The Balaban J connectivity index is 2.14. The first-order valence-electron chi connectivity index (χ1n) is 6.96. The Kier molecular flexibility index (Phi) is 3.50. The van der Waals surface area contributed by atoms with E-state index in [0.29, 0.717) is 5.56 Å². The molecule has 3 heteroatoms. The van der Waals surface area contributed by atoms with Gasteiger partial charge in [0.05, 0.1) is 12.2 Å². The van der Waals surface area contributed by atoms with Crippen LogP contribution < -0.4 is 0 Å². The summed E-state index contributed by atoms with van der Waals surface area (Å²) in [5.74, 6) is -0.233. The van der Waals surface area contributed by atoms with Crippen LogP contribution in [-0.2, 0) is 0 Å². The molecule has 0 aliphatic heterocycles. The Hall–Kier alpha value is -2.16. The highest BCUT2D eigenvalue weighted by Gasteiger charge is 2.18. The van der Waals surface area contributed by atoms with Crippen molar-refractivity contribution in [3.05, 3.63) is 66.4 Å². The monoisotopic (exact) mass is 268 g/mol. The maximum atomic E-state index is 14.1. The van der Waals surface area contributed by atoms with Gasteiger partial charge in [-0.2, -0.15) is 0 Å². The molecule has 0 amide bonds. The molecular formula is C17H17FN2. The number of pyridine rings is 1. The Morgan fingerprint density at radius 1 is 1.20 bits per heavy atom. The molecule has 0 saturated heterocycles. The van der Waals surface area contributed by atoms with Crippen LogP contribution in [0.3, 0.4) is 0 Å². The van der Waals surface area contributed by atoms with E-state index in [-0.39, 0.29) is 11.9 Å². The Morgan fingerprint density at radius 3 is 2.85 bits per heavy atom. The summed E-state index contributed by atoms with van der Waals surface area (Å²) in [5, 5.41) is 1.18. The molecule has 0 aliphatic carbocycles. The van der Waals surface area contributed by atoms with Gasteiger partial charge in [0, 0.05) is 23.5 Å². The molecule has 0 radical (unpaired) electrons. The van der Waals surface area contributed by atoms with Crippen LogP contribution in [0.15, 0.2) is 55.0 Å². The second-order valence-electron chi connectivity index (χ2n) is 4.98. The number of benzene rings is 1. The van der Waals surface area contributed by atoms with Crippen LogP contribution in [0.25, 0.3) is 10.9 Å². The van der Waals surface area contributed by atoms with E-state index in [1.165, 1.54) is 11.6 Å². The Labute approximate surface area is 117 Å². The van der Waals surface area contributed by atoms with Gasteiger partial charge in [0.2, 0.25) is 0 Å². The number of hydrogen-bond donors (Lipinski definition) is 0. The minimum atomic E-state index is -0.233. The van der Waals surface area contributed by atoms with Crippen molar-refractivity contribution in [1.82, 2.24) is 9.55 Å². The van der Waals surface area contributed by atoms with Crippen LogP contribution in [0.5, 0.6) is 0 Å². The molecule has 1 atom stereocenters. The molecule has 1 unspecified atom stereocenters. The van der Waals surface area contributed by atoms with Crippen LogP contribution in [0.2, 0.25) is 0 Å². The number of hydrogen-bond acceptors (Lipinski definition) is 1. The van der Waals surface area contributed by atoms with Gasteiger partial charge in [0.15, 0.2) is 0 Å². The molecule has 2 aromatic heterocycles. The predicted molar refractivity (Wildman–Crippen MR) is 79.2 cm³/mol. The van der Waals surface area contributed by atoms with Crippen molar-refractivity contribution in [2.75, 3.05) is 0 Å². The van der Waals surface area contributed by atoms with Gasteiger partial charge in [0.1, 0.15) is 5.82 Å². The van der Waals surface area contributed by atoms with Crippen molar-refractivity contribution in [2.45, 2.75) is 25.8 Å². The molecule has 0 fully saturated rings. The molecule has 0 N–H and O–H groups in total. The van der Waals surface area contributed by atoms with Gasteiger partial charge < -0.3 is 4.57 Å². The lowest BCUT2D eigenvalue weighted by atomic mass is 10.0. The van der Waals surface area contributed by atoms with Crippen molar-refractivity contribution < 1.29 is 4.39 Å². The van der Waals surface area contributed by atoms with Crippen molar-refractivity contribution in [3.63, 3.8) is 0 Å². The van der Waals surface area contributed by atoms with Crippen molar-refractivity contribution in [2.24, 2.45) is 0 Å². The molecule has 3 rings (SSSR count). The molecule has 2 heterocycles. The number of para-hydroxylation sites is 1. The van der Waals surface area contributed by atoms with Crippen LogP contribution in [-0.4, -0.2) is 9.55 Å². The summed E-state index contributed by atoms with van der Waals surface area (Å²) in [6, 6.07) is 12.1. The average molecular weight is 268 g/mol. The van der Waals surface area contributed by atoms with E-state index in [1.54, 1.807) is 12.3 Å². The molecular weight excluding hydrogens is 251 g/mol. The van der Waals surface area contributed by atoms with E-state index in [2.05, 4.69) is 34.7 Å². The highest BCUT2D eigenvalue weighted by atomic mass is 19.1. The minimum absolute atomic E-state index is 0.0166. The highest BCUT2D eigenvalue weighted by Crippen LogP contribution is 2.29. The minimum Gasteiger partial charge on any atom is -0.340 e. The molecule has 102 valence electrons. The average Bonchev–Trinajstić information content (AvgIpc) is 2.90. The maximum absolute atomic E-state index is 14.1. The van der Waals surface area contributed by atoms with Gasteiger partial charge in [0.25, 0.3) is 0 Å². The number of halogens is 1. The third-order valence-corrected chi connectivity index (χ3v) is 3.69. The second kappa shape index (κ2) is 5.45. The summed E-state index contributed by atoms with van der Waals surface area (Å²) in [7, 11) is 0. The largest absolute Gasteiger partial charge is 0.340 e. The summed E-state index contributed by atoms with van der Waals surface area (Å²) in [4.78, 5) is 3.85. The zero-order valence-corrected chi connectivity index (χ0v) is 11.5.